The number of nitriles is 1. The lowest BCUT2D eigenvalue weighted by molar-refractivity contribution is 0.0697. The van der Waals surface area contributed by atoms with Crippen molar-refractivity contribution in [3.05, 3.63) is 57.6 Å². The zero-order valence-corrected chi connectivity index (χ0v) is 14.6. The van der Waals surface area contributed by atoms with Crippen molar-refractivity contribution >= 4 is 33.5 Å². The highest BCUT2D eigenvalue weighted by Crippen LogP contribution is 2.35. The second-order valence-electron chi connectivity index (χ2n) is 4.78. The number of aromatic carboxylic acids is 1. The van der Waals surface area contributed by atoms with Gasteiger partial charge in [-0.25, -0.2) is 4.79 Å². The van der Waals surface area contributed by atoms with Gasteiger partial charge in [0.05, 0.1) is 31.4 Å². The first-order valence-corrected chi connectivity index (χ1v) is 7.66. The average molecular weight is 388 g/mol. The van der Waals surface area contributed by atoms with E-state index in [-0.39, 0.29) is 5.56 Å². The van der Waals surface area contributed by atoms with Crippen LogP contribution in [0.3, 0.4) is 0 Å². The van der Waals surface area contributed by atoms with E-state index >= 15 is 0 Å². The van der Waals surface area contributed by atoms with Gasteiger partial charge in [0.1, 0.15) is 0 Å². The summed E-state index contributed by atoms with van der Waals surface area (Å²) in [7, 11) is 3.08. The van der Waals surface area contributed by atoms with E-state index in [1.54, 1.807) is 37.5 Å². The predicted molar refractivity (Wildman–Crippen MR) is 94.1 cm³/mol. The monoisotopic (exact) mass is 387 g/mol. The van der Waals surface area contributed by atoms with Crippen LogP contribution in [-0.2, 0) is 0 Å². The number of rotatable bonds is 5. The lowest BCUT2D eigenvalue weighted by Crippen LogP contribution is -1.95. The topological polar surface area (TPSA) is 79.5 Å². The zero-order chi connectivity index (χ0) is 17.7. The van der Waals surface area contributed by atoms with Gasteiger partial charge in [0.15, 0.2) is 11.5 Å². The highest BCUT2D eigenvalue weighted by atomic mass is 79.9. The molecule has 6 heteroatoms. The van der Waals surface area contributed by atoms with Crippen LogP contribution in [-0.4, -0.2) is 25.3 Å². The summed E-state index contributed by atoms with van der Waals surface area (Å²) in [5.41, 5.74) is 1.94. The van der Waals surface area contributed by atoms with Crippen molar-refractivity contribution in [2.45, 2.75) is 0 Å². The molecule has 2 aromatic rings. The number of nitrogens with zero attached hydrogens (tertiary/aromatic N) is 1. The molecule has 0 spiro atoms. The number of allylic oxidation sites excluding steroid dienone is 1. The van der Waals surface area contributed by atoms with Crippen molar-refractivity contribution in [1.82, 2.24) is 0 Å². The molecule has 0 heterocycles. The quantitative estimate of drug-likeness (QED) is 0.613. The molecule has 0 saturated heterocycles. The molecular formula is C18H14BrNO4. The molecular weight excluding hydrogens is 374 g/mol. The van der Waals surface area contributed by atoms with Gasteiger partial charge in [-0.2, -0.15) is 5.26 Å². The molecule has 0 aliphatic heterocycles. The molecule has 0 atom stereocenters. The molecule has 0 saturated carbocycles. The van der Waals surface area contributed by atoms with E-state index in [2.05, 4.69) is 22.0 Å². The first-order valence-electron chi connectivity index (χ1n) is 6.87. The van der Waals surface area contributed by atoms with Gasteiger partial charge in [-0.1, -0.05) is 28.1 Å². The lowest BCUT2D eigenvalue weighted by atomic mass is 10.0. The van der Waals surface area contributed by atoms with E-state index in [4.69, 9.17) is 14.6 Å². The smallest absolute Gasteiger partial charge is 0.335 e. The fourth-order valence-electron chi connectivity index (χ4n) is 2.11. The van der Waals surface area contributed by atoms with Crippen molar-refractivity contribution in [2.75, 3.05) is 14.2 Å². The summed E-state index contributed by atoms with van der Waals surface area (Å²) in [5.74, 6) is 0.114. The third-order valence-corrected chi connectivity index (χ3v) is 4.05. The highest BCUT2D eigenvalue weighted by molar-refractivity contribution is 9.10. The number of carboxylic acids is 1. The molecule has 2 rings (SSSR count). The highest BCUT2D eigenvalue weighted by Gasteiger charge is 2.10. The Labute approximate surface area is 147 Å². The molecule has 0 aromatic heterocycles. The molecule has 0 amide bonds. The van der Waals surface area contributed by atoms with Crippen molar-refractivity contribution in [1.29, 1.82) is 5.26 Å². The average Bonchev–Trinajstić information content (AvgIpc) is 2.60. The van der Waals surface area contributed by atoms with Crippen molar-refractivity contribution in [3.8, 4) is 17.6 Å². The van der Waals surface area contributed by atoms with Crippen LogP contribution < -0.4 is 9.47 Å². The summed E-state index contributed by atoms with van der Waals surface area (Å²) in [4.78, 5) is 10.9. The maximum Gasteiger partial charge on any atom is 0.335 e. The van der Waals surface area contributed by atoms with Crippen LogP contribution in [0.1, 0.15) is 21.5 Å². The van der Waals surface area contributed by atoms with Gasteiger partial charge in [-0.05, 0) is 41.5 Å². The first kappa shape index (κ1) is 17.6. The molecule has 1 N–H and O–H groups in total. The Balaban J connectivity index is 2.47. The Kier molecular flexibility index (Phi) is 5.61. The number of methoxy groups -OCH3 is 2. The van der Waals surface area contributed by atoms with Crippen molar-refractivity contribution in [3.63, 3.8) is 0 Å². The number of halogens is 1. The fourth-order valence-corrected chi connectivity index (χ4v) is 2.55. The first-order chi connectivity index (χ1) is 11.5. The Morgan fingerprint density at radius 2 is 1.67 bits per heavy atom. The number of carbonyl (C=O) groups is 1. The lowest BCUT2D eigenvalue weighted by Gasteiger charge is -2.10. The van der Waals surface area contributed by atoms with E-state index in [1.165, 1.54) is 19.2 Å². The Bertz CT molecular complexity index is 835. The molecule has 0 fully saturated rings. The molecule has 0 aliphatic rings. The van der Waals surface area contributed by atoms with Crippen LogP contribution in [0.15, 0.2) is 40.9 Å². The summed E-state index contributed by atoms with van der Waals surface area (Å²) < 4.78 is 11.2. The molecule has 0 unspecified atom stereocenters. The molecule has 0 radical (unpaired) electrons. The van der Waals surface area contributed by atoms with Crippen molar-refractivity contribution < 1.29 is 19.4 Å². The second kappa shape index (κ2) is 7.66. The van der Waals surface area contributed by atoms with E-state index < -0.39 is 5.97 Å². The van der Waals surface area contributed by atoms with Crippen LogP contribution in [0.2, 0.25) is 0 Å². The number of ether oxygens (including phenoxy) is 2. The fraction of sp³-hybridized carbons (Fsp3) is 0.111. The Hall–Kier alpha value is -2.78. The minimum Gasteiger partial charge on any atom is -0.493 e. The standard InChI is InChI=1S/C18H14BrNO4/c1-23-16-8-13(15(19)9-17(16)24-2)7-14(10-20)11-3-5-12(6-4-11)18(21)22/h3-9H,1-2H3,(H,21,22)/b14-7-. The third-order valence-electron chi connectivity index (χ3n) is 3.37. The number of hydrogen-bond acceptors (Lipinski definition) is 4. The van der Waals surface area contributed by atoms with Gasteiger partial charge in [0.2, 0.25) is 0 Å². The molecule has 5 nitrogen and oxygen atoms in total. The van der Waals surface area contributed by atoms with Crippen LogP contribution in [0, 0.1) is 11.3 Å². The van der Waals surface area contributed by atoms with Gasteiger partial charge in [0, 0.05) is 4.47 Å². The van der Waals surface area contributed by atoms with Gasteiger partial charge < -0.3 is 14.6 Å². The molecule has 122 valence electrons. The largest absolute Gasteiger partial charge is 0.493 e. The van der Waals surface area contributed by atoms with Crippen LogP contribution in [0.5, 0.6) is 11.5 Å². The van der Waals surface area contributed by atoms with E-state index in [1.807, 2.05) is 0 Å². The molecule has 0 bridgehead atoms. The van der Waals surface area contributed by atoms with Gasteiger partial charge in [0.25, 0.3) is 0 Å². The summed E-state index contributed by atoms with van der Waals surface area (Å²) in [5, 5.41) is 18.4. The number of benzene rings is 2. The SMILES string of the molecule is COc1cc(Br)c(/C=C(/C#N)c2ccc(C(=O)O)cc2)cc1OC. The van der Waals surface area contributed by atoms with E-state index in [0.717, 1.165) is 10.0 Å². The van der Waals surface area contributed by atoms with Gasteiger partial charge in [-0.3, -0.25) is 0 Å². The zero-order valence-electron chi connectivity index (χ0n) is 13.0. The summed E-state index contributed by atoms with van der Waals surface area (Å²) in [6.45, 7) is 0. The van der Waals surface area contributed by atoms with Crippen LogP contribution >= 0.6 is 15.9 Å². The van der Waals surface area contributed by atoms with E-state index in [0.29, 0.717) is 22.6 Å². The molecule has 2 aromatic carbocycles. The third kappa shape index (κ3) is 3.76. The molecule has 24 heavy (non-hydrogen) atoms. The normalized spacial score (nSPS) is 10.8. The maximum absolute atomic E-state index is 10.9. The predicted octanol–water partition coefficient (Wildman–Crippen LogP) is 4.23. The van der Waals surface area contributed by atoms with Gasteiger partial charge >= 0.3 is 5.97 Å². The van der Waals surface area contributed by atoms with Crippen LogP contribution in [0.25, 0.3) is 11.6 Å². The summed E-state index contributed by atoms with van der Waals surface area (Å²) >= 11 is 3.44. The second-order valence-corrected chi connectivity index (χ2v) is 5.64. The Morgan fingerprint density at radius 1 is 1.12 bits per heavy atom. The molecule has 0 aliphatic carbocycles. The van der Waals surface area contributed by atoms with Crippen molar-refractivity contribution in [2.24, 2.45) is 0 Å². The summed E-state index contributed by atoms with van der Waals surface area (Å²) in [6.07, 6.45) is 1.70. The minimum absolute atomic E-state index is 0.170. The summed E-state index contributed by atoms with van der Waals surface area (Å²) in [6, 6.07) is 11.8. The Morgan fingerprint density at radius 3 is 2.17 bits per heavy atom. The van der Waals surface area contributed by atoms with Gasteiger partial charge in [-0.15, -0.1) is 0 Å². The van der Waals surface area contributed by atoms with Crippen LogP contribution in [0.4, 0.5) is 0 Å². The minimum atomic E-state index is -1.01. The number of carboxylic acid groups (broad SMARTS) is 1. The van der Waals surface area contributed by atoms with E-state index in [9.17, 15) is 10.1 Å². The maximum atomic E-state index is 10.9. The number of hydrogen-bond donors (Lipinski definition) is 1.